The maximum absolute atomic E-state index is 13.5. The van der Waals surface area contributed by atoms with Crippen LogP contribution in [0.15, 0.2) is 65.1 Å². The van der Waals surface area contributed by atoms with Crippen molar-refractivity contribution in [2.24, 2.45) is 5.92 Å². The molecule has 0 saturated carbocycles. The van der Waals surface area contributed by atoms with Gasteiger partial charge < -0.3 is 19.0 Å². The number of nitrogens with one attached hydrogen (secondary N) is 1. The second kappa shape index (κ2) is 9.66. The summed E-state index contributed by atoms with van der Waals surface area (Å²) in [6.07, 6.45) is 1.68. The van der Waals surface area contributed by atoms with Crippen molar-refractivity contribution in [2.75, 3.05) is 31.5 Å². The van der Waals surface area contributed by atoms with Crippen LogP contribution in [0, 0.1) is 19.8 Å². The monoisotopic (exact) mass is 474 g/mol. The van der Waals surface area contributed by atoms with Crippen LogP contribution in [0.5, 0.6) is 0 Å². The normalized spacial score (nSPS) is 24.1. The summed E-state index contributed by atoms with van der Waals surface area (Å²) in [6, 6.07) is 18.8. The highest BCUT2D eigenvalue weighted by molar-refractivity contribution is 5.95. The Kier molecular flexibility index (Phi) is 6.43. The van der Waals surface area contributed by atoms with Crippen LogP contribution in [0.25, 0.3) is 0 Å². The molecule has 7 heteroatoms. The summed E-state index contributed by atoms with van der Waals surface area (Å²) in [6.45, 7) is 6.40. The summed E-state index contributed by atoms with van der Waals surface area (Å²) in [5.41, 5.74) is 2.36. The van der Waals surface area contributed by atoms with Gasteiger partial charge in [0.1, 0.15) is 13.1 Å². The van der Waals surface area contributed by atoms with E-state index in [1.165, 1.54) is 0 Å². The minimum atomic E-state index is -0.607. The number of hydrogen-bond donors (Lipinski definition) is 1. The van der Waals surface area contributed by atoms with E-state index < -0.39 is 6.04 Å². The maximum Gasteiger partial charge on any atom is 0.333 e. The van der Waals surface area contributed by atoms with Gasteiger partial charge >= 0.3 is 5.97 Å². The minimum absolute atomic E-state index is 0.0265. The van der Waals surface area contributed by atoms with Crippen LogP contribution in [0.3, 0.4) is 0 Å². The summed E-state index contributed by atoms with van der Waals surface area (Å²) in [7, 11) is 0. The molecular formula is C28H32N3O4+. The average Bonchev–Trinajstić information content (AvgIpc) is 3.22. The molecule has 182 valence electrons. The van der Waals surface area contributed by atoms with E-state index in [4.69, 9.17) is 9.15 Å². The molecule has 1 N–H and O–H groups in total. The summed E-state index contributed by atoms with van der Waals surface area (Å²) >= 11 is 0. The number of para-hydroxylation sites is 1. The largest absolute Gasteiger partial charge is 0.454 e. The quantitative estimate of drug-likeness (QED) is 0.295. The van der Waals surface area contributed by atoms with Gasteiger partial charge in [-0.2, -0.15) is 0 Å². The number of oxazole rings is 1. The molecule has 0 aliphatic carbocycles. The molecule has 0 radical (unpaired) electrons. The molecule has 3 aromatic rings. The van der Waals surface area contributed by atoms with E-state index >= 15 is 0 Å². The zero-order valence-electron chi connectivity index (χ0n) is 20.3. The van der Waals surface area contributed by atoms with Gasteiger partial charge in [0.15, 0.2) is 23.8 Å². The van der Waals surface area contributed by atoms with Gasteiger partial charge in [0.25, 0.3) is 5.78 Å². The number of hydrogen-bond acceptors (Lipinski definition) is 6. The van der Waals surface area contributed by atoms with Crippen LogP contribution in [0.1, 0.15) is 46.6 Å². The lowest BCUT2D eigenvalue weighted by molar-refractivity contribution is -0.938. The molecule has 2 bridgehead atoms. The van der Waals surface area contributed by atoms with Crippen molar-refractivity contribution in [2.45, 2.75) is 38.8 Å². The molecular weight excluding hydrogens is 442 g/mol. The van der Waals surface area contributed by atoms with E-state index in [1.54, 1.807) is 13.8 Å². The van der Waals surface area contributed by atoms with E-state index in [2.05, 4.69) is 10.3 Å². The predicted octanol–water partition coefficient (Wildman–Crippen LogP) is 4.48. The molecule has 3 fully saturated rings. The Bertz CT molecular complexity index is 1180. The zero-order chi connectivity index (χ0) is 24.4. The Balaban J connectivity index is 1.31. The molecule has 3 saturated heterocycles. The van der Waals surface area contributed by atoms with E-state index in [9.17, 15) is 9.59 Å². The maximum atomic E-state index is 13.5. The average molecular weight is 475 g/mol. The third kappa shape index (κ3) is 5.00. The number of Topliss-reactive ketones (excluding diaryl/α,β-unsaturated/α-hetero) is 1. The van der Waals surface area contributed by atoms with E-state index in [0.29, 0.717) is 40.8 Å². The molecule has 2 aromatic carbocycles. The predicted molar refractivity (Wildman–Crippen MR) is 132 cm³/mol. The van der Waals surface area contributed by atoms with Gasteiger partial charge in [-0.05, 0) is 24.6 Å². The summed E-state index contributed by atoms with van der Waals surface area (Å²) < 4.78 is 12.4. The number of benzene rings is 2. The molecule has 7 nitrogen and oxygen atoms in total. The van der Waals surface area contributed by atoms with Crippen molar-refractivity contribution in [3.63, 3.8) is 0 Å². The van der Waals surface area contributed by atoms with Gasteiger partial charge in [-0.1, -0.05) is 48.5 Å². The number of quaternary nitrogens is 1. The Morgan fingerprint density at radius 1 is 1.06 bits per heavy atom. The van der Waals surface area contributed by atoms with Crippen LogP contribution in [0.2, 0.25) is 0 Å². The Labute approximate surface area is 205 Å². The van der Waals surface area contributed by atoms with E-state index in [0.717, 1.165) is 37.2 Å². The Morgan fingerprint density at radius 2 is 1.71 bits per heavy atom. The number of aromatic nitrogens is 1. The van der Waals surface area contributed by atoms with Crippen molar-refractivity contribution in [1.82, 2.24) is 4.98 Å². The smallest absolute Gasteiger partial charge is 0.333 e. The number of aryl methyl sites for hydroxylation is 2. The number of esters is 1. The van der Waals surface area contributed by atoms with Crippen molar-refractivity contribution in [3.8, 4) is 0 Å². The minimum Gasteiger partial charge on any atom is -0.454 e. The fourth-order valence-corrected chi connectivity index (χ4v) is 5.59. The van der Waals surface area contributed by atoms with Crippen LogP contribution >= 0.6 is 0 Å². The molecule has 3 aliphatic heterocycles. The molecule has 4 heterocycles. The molecule has 35 heavy (non-hydrogen) atoms. The SMILES string of the molecule is Cc1nc(C)c(C(=O)C[N+]23CCC(CC2)[C@@H](OC(=O)[C@H](Nc2ccccc2)c2ccccc2)C3)o1. The van der Waals surface area contributed by atoms with Crippen molar-refractivity contribution in [1.29, 1.82) is 0 Å². The number of rotatable bonds is 8. The molecule has 6 rings (SSSR count). The lowest BCUT2D eigenvalue weighted by Gasteiger charge is -2.51. The van der Waals surface area contributed by atoms with Gasteiger partial charge in [0, 0.05) is 31.4 Å². The van der Waals surface area contributed by atoms with Gasteiger partial charge in [-0.3, -0.25) is 4.79 Å². The number of fused-ring (bicyclic) bond motifs is 3. The van der Waals surface area contributed by atoms with Gasteiger partial charge in [0.2, 0.25) is 0 Å². The number of carbonyl (C=O) groups is 2. The number of piperidine rings is 3. The lowest BCUT2D eigenvalue weighted by Crippen LogP contribution is -2.65. The number of ketones is 1. The highest BCUT2D eigenvalue weighted by atomic mass is 16.5. The first-order chi connectivity index (χ1) is 16.9. The topological polar surface area (TPSA) is 81.4 Å². The van der Waals surface area contributed by atoms with Gasteiger partial charge in [0.05, 0.1) is 18.8 Å². The van der Waals surface area contributed by atoms with Crippen molar-refractivity contribution in [3.05, 3.63) is 83.6 Å². The molecule has 0 unspecified atom stereocenters. The lowest BCUT2D eigenvalue weighted by atomic mass is 9.83. The Hall–Kier alpha value is -3.45. The fourth-order valence-electron chi connectivity index (χ4n) is 5.59. The number of ether oxygens (including phenoxy) is 1. The molecule has 0 spiro atoms. The third-order valence-electron chi connectivity index (χ3n) is 7.40. The highest BCUT2D eigenvalue weighted by Crippen LogP contribution is 2.37. The zero-order valence-corrected chi connectivity index (χ0v) is 20.3. The highest BCUT2D eigenvalue weighted by Gasteiger charge is 2.49. The van der Waals surface area contributed by atoms with Crippen LogP contribution in [0.4, 0.5) is 5.69 Å². The second-order valence-electron chi connectivity index (χ2n) is 9.87. The molecule has 3 aliphatic rings. The fraction of sp³-hybridized carbons (Fsp3) is 0.393. The van der Waals surface area contributed by atoms with E-state index in [-0.39, 0.29) is 17.9 Å². The van der Waals surface area contributed by atoms with Gasteiger partial charge in [-0.25, -0.2) is 9.78 Å². The first-order valence-corrected chi connectivity index (χ1v) is 12.3. The summed E-state index contributed by atoms with van der Waals surface area (Å²) in [5, 5.41) is 3.35. The third-order valence-corrected chi connectivity index (χ3v) is 7.40. The number of nitrogens with zero attached hydrogens (tertiary/aromatic N) is 2. The first kappa shape index (κ1) is 23.3. The van der Waals surface area contributed by atoms with Crippen molar-refractivity contribution < 1.29 is 23.2 Å². The van der Waals surface area contributed by atoms with Crippen molar-refractivity contribution >= 4 is 17.4 Å². The van der Waals surface area contributed by atoms with E-state index in [1.807, 2.05) is 60.7 Å². The molecule has 0 amide bonds. The summed E-state index contributed by atoms with van der Waals surface area (Å²) in [4.78, 5) is 30.8. The standard InChI is InChI=1S/C28H32N3O4/c1-19-27(34-20(2)29-19)24(32)17-31-15-13-21(14-16-31)25(18-31)35-28(33)26(22-9-5-3-6-10-22)30-23-11-7-4-8-12-23/h3-12,21,25-26,30H,13-18H2,1-2H3/q+1/t21?,25-,26+,31?/m0/s1. The first-order valence-electron chi connectivity index (χ1n) is 12.3. The molecule has 1 aromatic heterocycles. The second-order valence-corrected chi connectivity index (χ2v) is 9.87. The summed E-state index contributed by atoms with van der Waals surface area (Å²) in [5.74, 6) is 0.878. The number of anilines is 1. The van der Waals surface area contributed by atoms with Crippen LogP contribution in [-0.2, 0) is 9.53 Å². The van der Waals surface area contributed by atoms with Crippen LogP contribution < -0.4 is 5.32 Å². The molecule has 2 atom stereocenters. The van der Waals surface area contributed by atoms with Crippen LogP contribution in [-0.4, -0.2) is 53.5 Å². The van der Waals surface area contributed by atoms with Gasteiger partial charge in [-0.15, -0.1) is 0 Å². The number of carbonyl (C=O) groups excluding carboxylic acids is 2. The Morgan fingerprint density at radius 3 is 2.34 bits per heavy atom.